The van der Waals surface area contributed by atoms with E-state index in [4.69, 9.17) is 16.1 Å². The summed E-state index contributed by atoms with van der Waals surface area (Å²) in [4.78, 5) is 16.4. The van der Waals surface area contributed by atoms with Crippen LogP contribution in [0.2, 0.25) is 5.02 Å². The molecule has 1 amide bonds. The van der Waals surface area contributed by atoms with Gasteiger partial charge in [0.25, 0.3) is 0 Å². The maximum absolute atomic E-state index is 11.9. The molecule has 0 aliphatic carbocycles. The number of halogens is 1. The quantitative estimate of drug-likeness (QED) is 0.727. The van der Waals surface area contributed by atoms with Crippen LogP contribution in [-0.4, -0.2) is 22.6 Å². The minimum absolute atomic E-state index is 0.0788. The Morgan fingerprint density at radius 1 is 1.33 bits per heavy atom. The van der Waals surface area contributed by atoms with Crippen molar-refractivity contribution in [2.24, 2.45) is 0 Å². The van der Waals surface area contributed by atoms with Crippen LogP contribution in [0.5, 0.6) is 0 Å². The fourth-order valence-electron chi connectivity index (χ4n) is 2.24. The van der Waals surface area contributed by atoms with Crippen molar-refractivity contribution < 1.29 is 9.32 Å². The summed E-state index contributed by atoms with van der Waals surface area (Å²) >= 11 is 7.74. The highest BCUT2D eigenvalue weighted by atomic mass is 35.5. The number of hydrogen-bond acceptors (Lipinski definition) is 5. The first-order chi connectivity index (χ1) is 11.6. The fraction of sp³-hybridized carbons (Fsp3) is 0.235. The van der Waals surface area contributed by atoms with Crippen LogP contribution in [0.1, 0.15) is 17.1 Å². The minimum Gasteiger partial charge on any atom is -0.361 e. The zero-order valence-corrected chi connectivity index (χ0v) is 14.7. The van der Waals surface area contributed by atoms with Crippen LogP contribution in [-0.2, 0) is 17.6 Å². The SMILES string of the molecule is Cc1cc(CC(=O)NCCc2csc(-c3ccccc3Cl)n2)no1. The van der Waals surface area contributed by atoms with Gasteiger partial charge >= 0.3 is 0 Å². The summed E-state index contributed by atoms with van der Waals surface area (Å²) in [5, 5.41) is 10.2. The van der Waals surface area contributed by atoms with Crippen LogP contribution in [0.4, 0.5) is 0 Å². The van der Waals surface area contributed by atoms with E-state index in [-0.39, 0.29) is 12.3 Å². The first-order valence-corrected chi connectivity index (χ1v) is 8.76. The summed E-state index contributed by atoms with van der Waals surface area (Å²) in [6, 6.07) is 9.40. The monoisotopic (exact) mass is 361 g/mol. The molecule has 0 saturated heterocycles. The van der Waals surface area contributed by atoms with Gasteiger partial charge < -0.3 is 9.84 Å². The van der Waals surface area contributed by atoms with Gasteiger partial charge in [-0.15, -0.1) is 11.3 Å². The molecule has 0 bridgehead atoms. The molecule has 0 saturated carbocycles. The lowest BCUT2D eigenvalue weighted by molar-refractivity contribution is -0.120. The van der Waals surface area contributed by atoms with Crippen molar-refractivity contribution in [3.05, 3.63) is 57.9 Å². The Labute approximate surface area is 148 Å². The standard InChI is InChI=1S/C17H16ClN3O2S/c1-11-8-13(21-23-11)9-16(22)19-7-6-12-10-24-17(20-12)14-4-2-3-5-15(14)18/h2-5,8,10H,6-7,9H2,1H3,(H,19,22). The average Bonchev–Trinajstić information content (AvgIpc) is 3.17. The molecule has 0 spiro atoms. The molecule has 2 aromatic heterocycles. The topological polar surface area (TPSA) is 68.0 Å². The van der Waals surface area contributed by atoms with Crippen LogP contribution in [0.3, 0.4) is 0 Å². The second-order valence-corrected chi connectivity index (χ2v) is 6.59. The maximum Gasteiger partial charge on any atom is 0.226 e. The lowest BCUT2D eigenvalue weighted by Crippen LogP contribution is -2.27. The largest absolute Gasteiger partial charge is 0.361 e. The number of thiazole rings is 1. The second-order valence-electron chi connectivity index (χ2n) is 5.33. The third-order valence-corrected chi connectivity index (χ3v) is 4.63. The van der Waals surface area contributed by atoms with E-state index in [2.05, 4.69) is 15.5 Å². The fourth-order valence-corrected chi connectivity index (χ4v) is 3.41. The summed E-state index contributed by atoms with van der Waals surface area (Å²) < 4.78 is 4.94. The predicted molar refractivity (Wildman–Crippen MR) is 94.2 cm³/mol. The highest BCUT2D eigenvalue weighted by Crippen LogP contribution is 2.30. The number of carbonyl (C=O) groups excluding carboxylic acids is 1. The number of aryl methyl sites for hydroxylation is 1. The molecule has 0 atom stereocenters. The van der Waals surface area contributed by atoms with Gasteiger partial charge in [-0.1, -0.05) is 35.0 Å². The molecule has 0 aliphatic rings. The van der Waals surface area contributed by atoms with Gasteiger partial charge in [0.2, 0.25) is 5.91 Å². The molecule has 3 rings (SSSR count). The normalized spacial score (nSPS) is 10.8. The van der Waals surface area contributed by atoms with Crippen molar-refractivity contribution in [1.29, 1.82) is 0 Å². The van der Waals surface area contributed by atoms with Crippen LogP contribution >= 0.6 is 22.9 Å². The lowest BCUT2D eigenvalue weighted by Gasteiger charge is -2.02. The van der Waals surface area contributed by atoms with E-state index in [0.29, 0.717) is 29.4 Å². The van der Waals surface area contributed by atoms with Gasteiger partial charge in [-0.05, 0) is 13.0 Å². The molecule has 5 nitrogen and oxygen atoms in total. The number of aromatic nitrogens is 2. The number of nitrogens with zero attached hydrogens (tertiary/aromatic N) is 2. The first-order valence-electron chi connectivity index (χ1n) is 7.50. The molecule has 0 fully saturated rings. The van der Waals surface area contributed by atoms with E-state index in [1.165, 1.54) is 0 Å². The Kier molecular flexibility index (Phi) is 5.27. The van der Waals surface area contributed by atoms with Crippen LogP contribution in [0.25, 0.3) is 10.6 Å². The summed E-state index contributed by atoms with van der Waals surface area (Å²) in [5.41, 5.74) is 2.51. The number of amides is 1. The summed E-state index contributed by atoms with van der Waals surface area (Å²) in [6.45, 7) is 2.33. The van der Waals surface area contributed by atoms with Crippen molar-refractivity contribution >= 4 is 28.8 Å². The van der Waals surface area contributed by atoms with Crippen LogP contribution in [0, 0.1) is 6.92 Å². The van der Waals surface area contributed by atoms with E-state index >= 15 is 0 Å². The van der Waals surface area contributed by atoms with Crippen LogP contribution < -0.4 is 5.32 Å². The van der Waals surface area contributed by atoms with E-state index in [1.54, 1.807) is 24.3 Å². The summed E-state index contributed by atoms with van der Waals surface area (Å²) in [5.74, 6) is 0.622. The molecular weight excluding hydrogens is 346 g/mol. The Morgan fingerprint density at radius 2 is 2.17 bits per heavy atom. The molecule has 0 unspecified atom stereocenters. The smallest absolute Gasteiger partial charge is 0.226 e. The lowest BCUT2D eigenvalue weighted by atomic mass is 10.2. The molecule has 2 heterocycles. The van der Waals surface area contributed by atoms with E-state index in [1.807, 2.05) is 29.6 Å². The third-order valence-electron chi connectivity index (χ3n) is 3.38. The van der Waals surface area contributed by atoms with Gasteiger partial charge in [0.1, 0.15) is 10.8 Å². The van der Waals surface area contributed by atoms with Gasteiger partial charge in [-0.2, -0.15) is 0 Å². The van der Waals surface area contributed by atoms with Crippen molar-refractivity contribution in [3.8, 4) is 10.6 Å². The Morgan fingerprint density at radius 3 is 2.92 bits per heavy atom. The molecule has 124 valence electrons. The van der Waals surface area contributed by atoms with Gasteiger partial charge in [0, 0.05) is 30.0 Å². The first kappa shape index (κ1) is 16.7. The number of hydrogen-bond donors (Lipinski definition) is 1. The van der Waals surface area contributed by atoms with Crippen LogP contribution in [0.15, 0.2) is 40.2 Å². The number of nitrogens with one attached hydrogen (secondary N) is 1. The van der Waals surface area contributed by atoms with Gasteiger partial charge in [0.05, 0.1) is 22.8 Å². The Hall–Kier alpha value is -2.18. The minimum atomic E-state index is -0.0788. The van der Waals surface area contributed by atoms with Gasteiger partial charge in [0.15, 0.2) is 0 Å². The average molecular weight is 362 g/mol. The Bertz CT molecular complexity index is 844. The van der Waals surface area contributed by atoms with E-state index in [0.717, 1.165) is 16.3 Å². The molecule has 0 aliphatic heterocycles. The highest BCUT2D eigenvalue weighted by molar-refractivity contribution is 7.13. The van der Waals surface area contributed by atoms with Gasteiger partial charge in [-0.3, -0.25) is 4.79 Å². The molecule has 1 N–H and O–H groups in total. The third kappa shape index (κ3) is 4.21. The summed E-state index contributed by atoms with van der Waals surface area (Å²) in [6.07, 6.45) is 0.893. The molecule has 7 heteroatoms. The number of carbonyl (C=O) groups is 1. The predicted octanol–water partition coefficient (Wildman–Crippen LogP) is 3.66. The highest BCUT2D eigenvalue weighted by Gasteiger charge is 2.10. The molecule has 3 aromatic rings. The molecular formula is C17H16ClN3O2S. The molecule has 0 radical (unpaired) electrons. The zero-order chi connectivity index (χ0) is 16.9. The maximum atomic E-state index is 11.9. The van der Waals surface area contributed by atoms with Crippen molar-refractivity contribution in [2.75, 3.05) is 6.54 Å². The van der Waals surface area contributed by atoms with Crippen molar-refractivity contribution in [1.82, 2.24) is 15.5 Å². The zero-order valence-electron chi connectivity index (χ0n) is 13.1. The number of rotatable bonds is 6. The number of benzene rings is 1. The van der Waals surface area contributed by atoms with Gasteiger partial charge in [-0.25, -0.2) is 4.98 Å². The second kappa shape index (κ2) is 7.59. The van der Waals surface area contributed by atoms with E-state index < -0.39 is 0 Å². The van der Waals surface area contributed by atoms with Crippen molar-refractivity contribution in [3.63, 3.8) is 0 Å². The van der Waals surface area contributed by atoms with E-state index in [9.17, 15) is 4.79 Å². The summed E-state index contributed by atoms with van der Waals surface area (Å²) in [7, 11) is 0. The molecule has 24 heavy (non-hydrogen) atoms. The Balaban J connectivity index is 1.51. The molecule has 1 aromatic carbocycles. The van der Waals surface area contributed by atoms with Crippen molar-refractivity contribution in [2.45, 2.75) is 19.8 Å².